The lowest BCUT2D eigenvalue weighted by Gasteiger charge is -2.34. The van der Waals surface area contributed by atoms with Crippen LogP contribution in [-0.2, 0) is 11.0 Å². The molecule has 0 aliphatic carbocycles. The number of piperidine rings is 1. The monoisotopic (exact) mass is 506 g/mol. The van der Waals surface area contributed by atoms with E-state index < -0.39 is 35.3 Å². The molecule has 36 heavy (non-hydrogen) atoms. The van der Waals surface area contributed by atoms with Crippen molar-refractivity contribution in [1.82, 2.24) is 9.80 Å². The second-order valence-electron chi connectivity index (χ2n) is 9.41. The molecule has 3 aliphatic heterocycles. The zero-order valence-electron chi connectivity index (χ0n) is 19.1. The van der Waals surface area contributed by atoms with E-state index in [1.807, 2.05) is 6.07 Å². The van der Waals surface area contributed by atoms with Crippen molar-refractivity contribution in [2.45, 2.75) is 37.0 Å². The van der Waals surface area contributed by atoms with Crippen molar-refractivity contribution in [3.63, 3.8) is 0 Å². The normalized spacial score (nSPS) is 24.3. The van der Waals surface area contributed by atoms with Gasteiger partial charge in [-0.15, -0.1) is 0 Å². The Kier molecular flexibility index (Phi) is 6.25. The minimum atomic E-state index is -5.03. The van der Waals surface area contributed by atoms with Crippen LogP contribution < -0.4 is 0 Å². The number of likely N-dealkylation sites (tertiary alicyclic amines) is 2. The maximum Gasteiger partial charge on any atom is 0.419 e. The fourth-order valence-corrected chi connectivity index (χ4v) is 5.44. The molecule has 6 nitrogen and oxygen atoms in total. The molecular formula is C25H23F5N4O2. The molecule has 0 spiro atoms. The van der Waals surface area contributed by atoms with Gasteiger partial charge < -0.3 is 9.80 Å². The van der Waals surface area contributed by atoms with Crippen LogP contribution in [0.1, 0.15) is 40.2 Å². The number of nitrogens with zero attached hydrogens (tertiary/aromatic N) is 4. The second kappa shape index (κ2) is 9.25. The Hall–Kier alpha value is -3.37. The smallest absolute Gasteiger partial charge is 0.341 e. The summed E-state index contributed by atoms with van der Waals surface area (Å²) in [7, 11) is 0. The summed E-state index contributed by atoms with van der Waals surface area (Å²) in [6.45, 7) is 1.03. The Morgan fingerprint density at radius 1 is 0.889 bits per heavy atom. The minimum absolute atomic E-state index is 0.140. The maximum atomic E-state index is 14.0. The standard InChI is InChI=1S/C25H23F5N4O2/c26-18-7-6-16(20(21(18)27)25(28,29)30)14-8-10-33(11-9-14)24(36)22-17-12-34(13-19(17)31-32-22)23(35)15-4-2-1-3-5-15/h1-7,14,17,19,22H,8-13H2. The molecule has 3 heterocycles. The molecule has 3 unspecified atom stereocenters. The first-order valence-corrected chi connectivity index (χ1v) is 11.7. The Morgan fingerprint density at radius 2 is 1.58 bits per heavy atom. The van der Waals surface area contributed by atoms with Crippen molar-refractivity contribution in [3.8, 4) is 0 Å². The zero-order chi connectivity index (χ0) is 25.6. The van der Waals surface area contributed by atoms with Gasteiger partial charge in [0.05, 0.1) is 11.6 Å². The third kappa shape index (κ3) is 4.35. The van der Waals surface area contributed by atoms with Gasteiger partial charge in [-0.05, 0) is 42.5 Å². The molecule has 5 rings (SSSR count). The molecule has 0 saturated carbocycles. The van der Waals surface area contributed by atoms with E-state index >= 15 is 0 Å². The Bertz CT molecular complexity index is 1190. The number of hydrogen-bond donors (Lipinski definition) is 0. The summed E-state index contributed by atoms with van der Waals surface area (Å²) >= 11 is 0. The molecule has 3 atom stereocenters. The maximum absolute atomic E-state index is 14.0. The number of hydrogen-bond acceptors (Lipinski definition) is 4. The number of azo groups is 1. The number of fused-ring (bicyclic) bond motifs is 1. The van der Waals surface area contributed by atoms with Gasteiger partial charge in [-0.2, -0.15) is 23.4 Å². The van der Waals surface area contributed by atoms with Gasteiger partial charge in [-0.25, -0.2) is 8.78 Å². The molecule has 2 amide bonds. The molecule has 2 aromatic carbocycles. The average molecular weight is 506 g/mol. The molecule has 0 bridgehead atoms. The topological polar surface area (TPSA) is 65.3 Å². The van der Waals surface area contributed by atoms with E-state index in [9.17, 15) is 31.5 Å². The highest BCUT2D eigenvalue weighted by Gasteiger charge is 2.48. The molecule has 0 N–H and O–H groups in total. The second-order valence-corrected chi connectivity index (χ2v) is 9.41. The van der Waals surface area contributed by atoms with Gasteiger partial charge >= 0.3 is 6.18 Å². The lowest BCUT2D eigenvalue weighted by Crippen LogP contribution is -2.46. The average Bonchev–Trinajstić information content (AvgIpc) is 3.46. The first-order valence-electron chi connectivity index (χ1n) is 11.7. The van der Waals surface area contributed by atoms with Crippen molar-refractivity contribution in [2.75, 3.05) is 26.2 Å². The van der Waals surface area contributed by atoms with Crippen LogP contribution >= 0.6 is 0 Å². The molecule has 190 valence electrons. The summed E-state index contributed by atoms with van der Waals surface area (Å²) in [4.78, 5) is 29.2. The summed E-state index contributed by atoms with van der Waals surface area (Å²) in [5.41, 5.74) is -1.32. The molecule has 2 saturated heterocycles. The Labute approximate surface area is 203 Å². The van der Waals surface area contributed by atoms with E-state index in [4.69, 9.17) is 0 Å². The lowest BCUT2D eigenvalue weighted by atomic mass is 9.85. The van der Waals surface area contributed by atoms with Crippen LogP contribution in [0.2, 0.25) is 0 Å². The third-order valence-electron chi connectivity index (χ3n) is 7.30. The SMILES string of the molecule is O=C(c1ccccc1)N1CC2N=NC(C(=O)N3CCC(c4ccc(F)c(F)c4C(F)(F)F)CC3)C2C1. The number of halogens is 5. The van der Waals surface area contributed by atoms with Gasteiger partial charge in [0.1, 0.15) is 0 Å². The van der Waals surface area contributed by atoms with Crippen LogP contribution in [0.25, 0.3) is 0 Å². The lowest BCUT2D eigenvalue weighted by molar-refractivity contribution is -0.141. The molecule has 2 fully saturated rings. The fraction of sp³-hybridized carbons (Fsp3) is 0.440. The number of rotatable bonds is 3. The van der Waals surface area contributed by atoms with Gasteiger partial charge in [-0.3, -0.25) is 9.59 Å². The molecule has 3 aliphatic rings. The van der Waals surface area contributed by atoms with E-state index in [1.165, 1.54) is 4.90 Å². The van der Waals surface area contributed by atoms with Crippen LogP contribution in [-0.4, -0.2) is 59.9 Å². The van der Waals surface area contributed by atoms with Gasteiger partial charge in [0.25, 0.3) is 5.91 Å². The highest BCUT2D eigenvalue weighted by Crippen LogP contribution is 2.41. The van der Waals surface area contributed by atoms with Crippen molar-refractivity contribution >= 4 is 11.8 Å². The molecule has 0 radical (unpaired) electrons. The number of carbonyl (C=O) groups excluding carboxylic acids is 2. The van der Waals surface area contributed by atoms with Crippen molar-refractivity contribution in [1.29, 1.82) is 0 Å². The fourth-order valence-electron chi connectivity index (χ4n) is 5.44. The summed E-state index contributed by atoms with van der Waals surface area (Å²) in [5, 5.41) is 8.38. The molecule has 11 heteroatoms. The number of alkyl halides is 3. The highest BCUT2D eigenvalue weighted by molar-refractivity contribution is 5.94. The highest BCUT2D eigenvalue weighted by atomic mass is 19.4. The van der Waals surface area contributed by atoms with Crippen LogP contribution in [0.15, 0.2) is 52.7 Å². The summed E-state index contributed by atoms with van der Waals surface area (Å²) in [6, 6.07) is 9.47. The van der Waals surface area contributed by atoms with E-state index in [-0.39, 0.29) is 55.3 Å². The van der Waals surface area contributed by atoms with Gasteiger partial charge in [0, 0.05) is 37.7 Å². The van der Waals surface area contributed by atoms with E-state index in [0.717, 1.165) is 6.07 Å². The summed E-state index contributed by atoms with van der Waals surface area (Å²) in [5.74, 6) is -4.78. The summed E-state index contributed by atoms with van der Waals surface area (Å²) in [6.07, 6.45) is -4.67. The van der Waals surface area contributed by atoms with Crippen LogP contribution in [0.3, 0.4) is 0 Å². The summed E-state index contributed by atoms with van der Waals surface area (Å²) < 4.78 is 67.9. The molecule has 2 aromatic rings. The largest absolute Gasteiger partial charge is 0.419 e. The minimum Gasteiger partial charge on any atom is -0.341 e. The van der Waals surface area contributed by atoms with Gasteiger partial charge in [0.2, 0.25) is 5.91 Å². The number of amides is 2. The Balaban J connectivity index is 1.24. The van der Waals surface area contributed by atoms with Crippen LogP contribution in [0.4, 0.5) is 22.0 Å². The quantitative estimate of drug-likeness (QED) is 0.569. The van der Waals surface area contributed by atoms with Crippen molar-refractivity contribution in [3.05, 3.63) is 70.8 Å². The van der Waals surface area contributed by atoms with Crippen LogP contribution in [0, 0.1) is 17.6 Å². The van der Waals surface area contributed by atoms with Crippen LogP contribution in [0.5, 0.6) is 0 Å². The van der Waals surface area contributed by atoms with E-state index in [1.54, 1.807) is 29.2 Å². The van der Waals surface area contributed by atoms with E-state index in [2.05, 4.69) is 10.2 Å². The van der Waals surface area contributed by atoms with Crippen molar-refractivity contribution < 1.29 is 31.5 Å². The predicted octanol–water partition coefficient (Wildman–Crippen LogP) is 4.66. The third-order valence-corrected chi connectivity index (χ3v) is 7.30. The van der Waals surface area contributed by atoms with E-state index in [0.29, 0.717) is 24.7 Å². The first kappa shape index (κ1) is 24.3. The number of carbonyl (C=O) groups is 2. The van der Waals surface area contributed by atoms with Gasteiger partial charge in [0.15, 0.2) is 17.7 Å². The number of benzene rings is 2. The van der Waals surface area contributed by atoms with Gasteiger partial charge in [-0.1, -0.05) is 24.3 Å². The van der Waals surface area contributed by atoms with Crippen molar-refractivity contribution in [2.24, 2.45) is 16.1 Å². The molecule has 0 aromatic heterocycles. The Morgan fingerprint density at radius 3 is 2.25 bits per heavy atom. The predicted molar refractivity (Wildman–Crippen MR) is 118 cm³/mol. The zero-order valence-corrected chi connectivity index (χ0v) is 19.1. The molecular weight excluding hydrogens is 483 g/mol. The first-order chi connectivity index (χ1) is 17.1.